The number of hydrogen-bond acceptors (Lipinski definition) is 7. The molecule has 30 heavy (non-hydrogen) atoms. The van der Waals surface area contributed by atoms with Gasteiger partial charge in [0.2, 0.25) is 0 Å². The Labute approximate surface area is 174 Å². The number of nitrogens with two attached hydrogens (primary N) is 1. The molecule has 1 fully saturated rings. The standard InChI is InChI=1S/C21H27N5O4/c1-3-25-11-14(30-17-7-5-4-6-15(17)25)10-24(2)12-16(27)18-19(22)26(13-8-9-13)21(29)23-20(18)28/h4-7,13-14H,3,8-12,22H2,1-2H3,(H,23,28,29). The van der Waals surface area contributed by atoms with E-state index in [1.807, 2.05) is 29.2 Å². The Morgan fingerprint density at radius 3 is 2.73 bits per heavy atom. The fourth-order valence-electron chi connectivity index (χ4n) is 4.04. The maximum absolute atomic E-state index is 12.9. The van der Waals surface area contributed by atoms with Gasteiger partial charge >= 0.3 is 5.69 Å². The van der Waals surface area contributed by atoms with Gasteiger partial charge in [0.1, 0.15) is 23.2 Å². The Morgan fingerprint density at radius 2 is 2.03 bits per heavy atom. The first-order valence-electron chi connectivity index (χ1n) is 10.3. The number of ether oxygens (including phenoxy) is 1. The van der Waals surface area contributed by atoms with Crippen molar-refractivity contribution in [2.24, 2.45) is 0 Å². The van der Waals surface area contributed by atoms with Crippen LogP contribution in [0.4, 0.5) is 11.5 Å². The summed E-state index contributed by atoms with van der Waals surface area (Å²) in [6.07, 6.45) is 1.52. The van der Waals surface area contributed by atoms with E-state index in [4.69, 9.17) is 10.5 Å². The number of nitrogen functional groups attached to an aromatic ring is 1. The molecule has 1 atom stereocenters. The summed E-state index contributed by atoms with van der Waals surface area (Å²) in [4.78, 5) is 43.5. The number of para-hydroxylation sites is 2. The lowest BCUT2D eigenvalue weighted by molar-refractivity contribution is 0.0902. The first kappa shape index (κ1) is 20.2. The highest BCUT2D eigenvalue weighted by molar-refractivity contribution is 6.01. The molecule has 3 N–H and O–H groups in total. The van der Waals surface area contributed by atoms with Gasteiger partial charge in [0, 0.05) is 19.1 Å². The van der Waals surface area contributed by atoms with Gasteiger partial charge in [-0.15, -0.1) is 0 Å². The number of aromatic amines is 1. The zero-order valence-electron chi connectivity index (χ0n) is 17.3. The van der Waals surface area contributed by atoms with Gasteiger partial charge in [0.15, 0.2) is 5.78 Å². The average molecular weight is 413 g/mol. The van der Waals surface area contributed by atoms with Crippen molar-refractivity contribution < 1.29 is 9.53 Å². The SMILES string of the molecule is CCN1CC(CN(C)CC(=O)c2c(N)n(C3CC3)c(=O)[nH]c2=O)Oc2ccccc21. The number of carbonyl (C=O) groups excluding carboxylic acids is 1. The molecule has 0 bridgehead atoms. The van der Waals surface area contributed by atoms with Crippen LogP contribution in [0, 0.1) is 0 Å². The summed E-state index contributed by atoms with van der Waals surface area (Å²) in [5.74, 6) is 0.381. The van der Waals surface area contributed by atoms with Crippen molar-refractivity contribution in [2.45, 2.75) is 31.9 Å². The topological polar surface area (TPSA) is 114 Å². The fraction of sp³-hybridized carbons (Fsp3) is 0.476. The number of likely N-dealkylation sites (N-methyl/N-ethyl adjacent to an activating group) is 2. The average Bonchev–Trinajstić information content (AvgIpc) is 3.51. The number of nitrogens with one attached hydrogen (secondary N) is 1. The number of rotatable bonds is 7. The second kappa shape index (κ2) is 7.98. The van der Waals surface area contributed by atoms with Crippen LogP contribution in [-0.4, -0.2) is 59.6 Å². The number of anilines is 2. The predicted molar refractivity (Wildman–Crippen MR) is 115 cm³/mol. The van der Waals surface area contributed by atoms with Crippen LogP contribution < -0.4 is 26.6 Å². The number of Topliss-reactive ketones (excluding diaryl/α,β-unsaturated/α-hetero) is 1. The molecule has 9 heteroatoms. The van der Waals surface area contributed by atoms with Gasteiger partial charge < -0.3 is 15.4 Å². The van der Waals surface area contributed by atoms with Crippen LogP contribution in [-0.2, 0) is 0 Å². The smallest absolute Gasteiger partial charge is 0.330 e. The van der Waals surface area contributed by atoms with Crippen LogP contribution >= 0.6 is 0 Å². The van der Waals surface area contributed by atoms with E-state index in [2.05, 4.69) is 16.8 Å². The van der Waals surface area contributed by atoms with E-state index in [1.54, 1.807) is 7.05 Å². The molecule has 2 aliphatic rings. The molecule has 9 nitrogen and oxygen atoms in total. The second-order valence-corrected chi connectivity index (χ2v) is 7.99. The van der Waals surface area contributed by atoms with Crippen molar-refractivity contribution in [3.05, 3.63) is 50.7 Å². The third kappa shape index (κ3) is 3.85. The second-order valence-electron chi connectivity index (χ2n) is 7.99. The predicted octanol–water partition coefficient (Wildman–Crippen LogP) is 0.856. The molecule has 1 aliphatic heterocycles. The lowest BCUT2D eigenvalue weighted by atomic mass is 10.1. The first-order chi connectivity index (χ1) is 14.4. The highest BCUT2D eigenvalue weighted by Gasteiger charge is 2.31. The van der Waals surface area contributed by atoms with Crippen molar-refractivity contribution in [1.82, 2.24) is 14.5 Å². The minimum atomic E-state index is -0.729. The largest absolute Gasteiger partial charge is 0.485 e. The van der Waals surface area contributed by atoms with E-state index in [0.29, 0.717) is 13.1 Å². The molecule has 0 spiro atoms. The molecule has 0 saturated heterocycles. The monoisotopic (exact) mass is 413 g/mol. The molecular weight excluding hydrogens is 386 g/mol. The van der Waals surface area contributed by atoms with Gasteiger partial charge in [-0.05, 0) is 38.9 Å². The molecule has 1 aliphatic carbocycles. The summed E-state index contributed by atoms with van der Waals surface area (Å²) >= 11 is 0. The molecule has 160 valence electrons. The van der Waals surface area contributed by atoms with Gasteiger partial charge in [0.25, 0.3) is 5.56 Å². The molecule has 1 aromatic heterocycles. The van der Waals surface area contributed by atoms with Crippen LogP contribution in [0.15, 0.2) is 33.9 Å². The Morgan fingerprint density at radius 1 is 1.30 bits per heavy atom. The van der Waals surface area contributed by atoms with Crippen molar-refractivity contribution in [3.8, 4) is 5.75 Å². The van der Waals surface area contributed by atoms with E-state index < -0.39 is 17.0 Å². The molecule has 2 aromatic rings. The number of carbonyl (C=O) groups is 1. The maximum Gasteiger partial charge on any atom is 0.330 e. The Balaban J connectivity index is 1.47. The van der Waals surface area contributed by atoms with Gasteiger partial charge in [-0.3, -0.25) is 24.0 Å². The molecule has 1 aromatic carbocycles. The van der Waals surface area contributed by atoms with Gasteiger partial charge in [-0.25, -0.2) is 4.79 Å². The number of benzene rings is 1. The summed E-state index contributed by atoms with van der Waals surface area (Å²) in [5.41, 5.74) is 5.69. The lowest BCUT2D eigenvalue weighted by Crippen LogP contribution is -2.47. The quantitative estimate of drug-likeness (QED) is 0.647. The molecule has 0 radical (unpaired) electrons. The van der Waals surface area contributed by atoms with Gasteiger partial charge in [0.05, 0.1) is 18.8 Å². The summed E-state index contributed by atoms with van der Waals surface area (Å²) in [7, 11) is 1.80. The zero-order valence-corrected chi connectivity index (χ0v) is 17.3. The summed E-state index contributed by atoms with van der Waals surface area (Å²) in [6, 6.07) is 7.86. The van der Waals surface area contributed by atoms with E-state index in [1.165, 1.54) is 4.57 Å². The van der Waals surface area contributed by atoms with Crippen LogP contribution in [0.25, 0.3) is 0 Å². The van der Waals surface area contributed by atoms with Gasteiger partial charge in [-0.2, -0.15) is 0 Å². The minimum absolute atomic E-state index is 0.00375. The Kier molecular flexibility index (Phi) is 5.38. The van der Waals surface area contributed by atoms with Crippen LogP contribution in [0.5, 0.6) is 5.75 Å². The van der Waals surface area contributed by atoms with Crippen molar-refractivity contribution >= 4 is 17.3 Å². The Hall–Kier alpha value is -3.07. The first-order valence-corrected chi connectivity index (χ1v) is 10.3. The molecule has 4 rings (SSSR count). The minimum Gasteiger partial charge on any atom is -0.485 e. The highest BCUT2D eigenvalue weighted by atomic mass is 16.5. The van der Waals surface area contributed by atoms with Gasteiger partial charge in [-0.1, -0.05) is 12.1 Å². The summed E-state index contributed by atoms with van der Waals surface area (Å²) in [6.45, 7) is 4.17. The van der Waals surface area contributed by atoms with Crippen molar-refractivity contribution in [2.75, 3.05) is 43.9 Å². The molecular formula is C21H27N5O4. The zero-order chi connectivity index (χ0) is 21.4. The number of H-pyrrole nitrogens is 1. The lowest BCUT2D eigenvalue weighted by Gasteiger charge is -2.37. The van der Waals surface area contributed by atoms with Crippen LogP contribution in [0.3, 0.4) is 0 Å². The van der Waals surface area contributed by atoms with E-state index >= 15 is 0 Å². The number of aromatic nitrogens is 2. The van der Waals surface area contributed by atoms with Crippen LogP contribution in [0.2, 0.25) is 0 Å². The van der Waals surface area contributed by atoms with Crippen LogP contribution in [0.1, 0.15) is 36.2 Å². The third-order valence-electron chi connectivity index (χ3n) is 5.61. The number of hydrogen-bond donors (Lipinski definition) is 2. The third-order valence-corrected chi connectivity index (χ3v) is 5.61. The molecule has 0 amide bonds. The molecule has 1 saturated carbocycles. The molecule has 2 heterocycles. The number of nitrogens with zero attached hydrogens (tertiary/aromatic N) is 3. The summed E-state index contributed by atoms with van der Waals surface area (Å²) in [5, 5.41) is 0. The molecule has 1 unspecified atom stereocenters. The van der Waals surface area contributed by atoms with E-state index in [0.717, 1.165) is 30.8 Å². The van der Waals surface area contributed by atoms with E-state index in [9.17, 15) is 14.4 Å². The van der Waals surface area contributed by atoms with Crippen molar-refractivity contribution in [3.63, 3.8) is 0 Å². The maximum atomic E-state index is 12.9. The summed E-state index contributed by atoms with van der Waals surface area (Å²) < 4.78 is 7.44. The van der Waals surface area contributed by atoms with E-state index in [-0.39, 0.29) is 30.1 Å². The highest BCUT2D eigenvalue weighted by Crippen LogP contribution is 2.35. The number of ketones is 1. The normalized spacial score (nSPS) is 18.2. The fourth-order valence-corrected chi connectivity index (χ4v) is 4.04. The Bertz CT molecular complexity index is 1070. The van der Waals surface area contributed by atoms with Crippen molar-refractivity contribution in [1.29, 1.82) is 0 Å². The number of fused-ring (bicyclic) bond motifs is 1.